The van der Waals surface area contributed by atoms with Gasteiger partial charge in [-0.05, 0) is 74.6 Å². The van der Waals surface area contributed by atoms with Crippen LogP contribution in [0.25, 0.3) is 10.8 Å². The lowest BCUT2D eigenvalue weighted by Crippen LogP contribution is -2.43. The molecule has 2 unspecified atom stereocenters. The molecule has 0 aliphatic carbocycles. The van der Waals surface area contributed by atoms with Gasteiger partial charge in [0.2, 0.25) is 0 Å². The van der Waals surface area contributed by atoms with Gasteiger partial charge in [0.25, 0.3) is 0 Å². The van der Waals surface area contributed by atoms with E-state index in [2.05, 4.69) is 39.4 Å². The summed E-state index contributed by atoms with van der Waals surface area (Å²) >= 11 is 6.72. The van der Waals surface area contributed by atoms with Crippen molar-refractivity contribution in [3.8, 4) is 6.01 Å². The number of fused-ring (bicyclic) bond motifs is 5. The molecular formula is C32H37ClFN5O. The third-order valence-electron chi connectivity index (χ3n) is 10.3. The van der Waals surface area contributed by atoms with Crippen LogP contribution in [-0.2, 0) is 13.0 Å². The summed E-state index contributed by atoms with van der Waals surface area (Å²) in [6.45, 7) is 3.56. The number of aromatic nitrogens is 2. The number of hydrogen-bond donors (Lipinski definition) is 1. The smallest absolute Gasteiger partial charge is 0.316 e. The van der Waals surface area contributed by atoms with Crippen LogP contribution in [0.4, 0.5) is 10.1 Å². The minimum atomic E-state index is -0.768. The molecular weight excluding hydrogens is 525 g/mol. The molecule has 4 atom stereocenters. The fourth-order valence-electron chi connectivity index (χ4n) is 8.51. The Balaban J connectivity index is 1.14. The zero-order chi connectivity index (χ0) is 26.8. The lowest BCUT2D eigenvalue weighted by Gasteiger charge is -2.35. The van der Waals surface area contributed by atoms with Crippen LogP contribution in [0.5, 0.6) is 6.01 Å². The van der Waals surface area contributed by atoms with E-state index in [1.165, 1.54) is 24.1 Å². The van der Waals surface area contributed by atoms with Crippen molar-refractivity contribution in [2.45, 2.75) is 87.6 Å². The molecule has 210 valence electrons. The number of hydrogen-bond acceptors (Lipinski definition) is 6. The van der Waals surface area contributed by atoms with Gasteiger partial charge in [0.1, 0.15) is 12.8 Å². The van der Waals surface area contributed by atoms with Gasteiger partial charge in [-0.25, -0.2) is 4.39 Å². The lowest BCUT2D eigenvalue weighted by molar-refractivity contribution is 0.106. The predicted molar refractivity (Wildman–Crippen MR) is 156 cm³/mol. The minimum absolute atomic E-state index is 0.210. The van der Waals surface area contributed by atoms with Gasteiger partial charge in [-0.15, -0.1) is 0 Å². The topological polar surface area (TPSA) is 53.5 Å². The summed E-state index contributed by atoms with van der Waals surface area (Å²) in [4.78, 5) is 14.9. The van der Waals surface area contributed by atoms with E-state index in [1.54, 1.807) is 0 Å². The Bertz CT molecular complexity index is 1440. The van der Waals surface area contributed by atoms with Crippen molar-refractivity contribution >= 4 is 28.1 Å². The number of rotatable bonds is 5. The quantitative estimate of drug-likeness (QED) is 0.425. The highest BCUT2D eigenvalue weighted by molar-refractivity contribution is 6.36. The van der Waals surface area contributed by atoms with Gasteiger partial charge in [-0.1, -0.05) is 35.9 Å². The molecule has 6 nitrogen and oxygen atoms in total. The van der Waals surface area contributed by atoms with Crippen molar-refractivity contribution in [3.63, 3.8) is 0 Å². The Morgan fingerprint density at radius 3 is 2.75 bits per heavy atom. The van der Waals surface area contributed by atoms with Crippen LogP contribution in [0, 0.1) is 0 Å². The molecule has 3 aromatic rings. The molecule has 0 spiro atoms. The first-order valence-corrected chi connectivity index (χ1v) is 15.5. The van der Waals surface area contributed by atoms with E-state index in [0.29, 0.717) is 50.1 Å². The SMILES string of the molecule is F[C@H]1CN2CCC[C@@]2(COc2nc3c(c(C4CC5CCC(C4)N5)n2)CCN(c2cccc4cccc(Cl)c24)C3)C1. The first kappa shape index (κ1) is 25.2. The molecule has 4 fully saturated rings. The first-order chi connectivity index (χ1) is 19.5. The average Bonchev–Trinajstić information content (AvgIpc) is 3.61. The van der Waals surface area contributed by atoms with Gasteiger partial charge < -0.3 is 15.0 Å². The van der Waals surface area contributed by atoms with Gasteiger partial charge in [0, 0.05) is 48.6 Å². The molecule has 5 aliphatic heterocycles. The number of benzene rings is 2. The van der Waals surface area contributed by atoms with Crippen LogP contribution in [0.3, 0.4) is 0 Å². The molecule has 8 rings (SSSR count). The van der Waals surface area contributed by atoms with Gasteiger partial charge in [0.15, 0.2) is 0 Å². The second-order valence-corrected chi connectivity index (χ2v) is 13.2. The van der Waals surface area contributed by atoms with E-state index in [-0.39, 0.29) is 5.54 Å². The van der Waals surface area contributed by atoms with Crippen LogP contribution in [0.1, 0.15) is 67.8 Å². The molecule has 40 heavy (non-hydrogen) atoms. The van der Waals surface area contributed by atoms with E-state index in [4.69, 9.17) is 26.3 Å². The van der Waals surface area contributed by atoms with Gasteiger partial charge in [0.05, 0.1) is 28.5 Å². The number of nitrogens with one attached hydrogen (secondary N) is 1. The zero-order valence-electron chi connectivity index (χ0n) is 22.9. The maximum absolute atomic E-state index is 14.4. The highest BCUT2D eigenvalue weighted by Crippen LogP contribution is 2.43. The van der Waals surface area contributed by atoms with Crippen LogP contribution >= 0.6 is 11.6 Å². The maximum atomic E-state index is 14.4. The first-order valence-electron chi connectivity index (χ1n) is 15.1. The predicted octanol–water partition coefficient (Wildman–Crippen LogP) is 5.80. The highest BCUT2D eigenvalue weighted by Gasteiger charge is 2.49. The largest absolute Gasteiger partial charge is 0.461 e. The molecule has 6 heterocycles. The second kappa shape index (κ2) is 9.81. The number of piperidine rings is 1. The molecule has 4 saturated heterocycles. The minimum Gasteiger partial charge on any atom is -0.461 e. The molecule has 1 aromatic heterocycles. The summed E-state index contributed by atoms with van der Waals surface area (Å²) < 4.78 is 20.9. The molecule has 1 N–H and O–H groups in total. The van der Waals surface area contributed by atoms with Crippen LogP contribution in [0.2, 0.25) is 5.02 Å². The lowest BCUT2D eigenvalue weighted by atomic mass is 9.85. The van der Waals surface area contributed by atoms with Crippen molar-refractivity contribution in [1.82, 2.24) is 20.2 Å². The van der Waals surface area contributed by atoms with Crippen LogP contribution in [0.15, 0.2) is 36.4 Å². The van der Waals surface area contributed by atoms with Gasteiger partial charge in [-0.3, -0.25) is 4.90 Å². The Hall–Kier alpha value is -2.48. The van der Waals surface area contributed by atoms with Crippen molar-refractivity contribution < 1.29 is 9.13 Å². The number of anilines is 1. The fourth-order valence-corrected chi connectivity index (χ4v) is 8.79. The normalized spacial score (nSPS) is 31.5. The summed E-state index contributed by atoms with van der Waals surface area (Å²) in [6.07, 6.45) is 7.56. The van der Waals surface area contributed by atoms with E-state index in [1.807, 2.05) is 12.1 Å². The van der Waals surface area contributed by atoms with Gasteiger partial charge >= 0.3 is 6.01 Å². The van der Waals surface area contributed by atoms with Crippen LogP contribution < -0.4 is 15.0 Å². The summed E-state index contributed by atoms with van der Waals surface area (Å²) in [5, 5.41) is 6.81. The summed E-state index contributed by atoms with van der Waals surface area (Å²) in [6, 6.07) is 14.2. The third kappa shape index (κ3) is 4.27. The van der Waals surface area contributed by atoms with E-state index < -0.39 is 6.17 Å². The average molecular weight is 562 g/mol. The van der Waals surface area contributed by atoms with Crippen LogP contribution in [-0.4, -0.2) is 64.9 Å². The Kier molecular flexibility index (Phi) is 6.19. The molecule has 0 amide bonds. The molecule has 2 aromatic carbocycles. The molecule has 5 aliphatic rings. The number of alkyl halides is 1. The van der Waals surface area contributed by atoms with Crippen molar-refractivity contribution in [3.05, 3.63) is 58.4 Å². The van der Waals surface area contributed by atoms with E-state index in [0.717, 1.165) is 72.4 Å². The highest BCUT2D eigenvalue weighted by atomic mass is 35.5. The summed E-state index contributed by atoms with van der Waals surface area (Å²) in [5.74, 6) is 0.430. The second-order valence-electron chi connectivity index (χ2n) is 12.8. The number of halogens is 2. The summed E-state index contributed by atoms with van der Waals surface area (Å²) in [7, 11) is 0. The van der Waals surface area contributed by atoms with Crippen molar-refractivity contribution in [1.29, 1.82) is 0 Å². The van der Waals surface area contributed by atoms with E-state index in [9.17, 15) is 4.39 Å². The Labute approximate surface area is 240 Å². The maximum Gasteiger partial charge on any atom is 0.316 e. The standard InChI is InChI=1S/C32H37ClFN5O/c33-26-6-1-4-20-5-2-7-28(29(20)26)38-13-10-25-27(18-38)36-31(37-30(25)21-14-23-8-9-24(15-21)35-23)40-19-32-11-3-12-39(32)17-22(34)16-32/h1-2,4-7,21-24,35H,3,8-19H2/t21?,22-,23?,24?,32+/m1/s1. The molecule has 8 heteroatoms. The zero-order valence-corrected chi connectivity index (χ0v) is 23.7. The van der Waals surface area contributed by atoms with E-state index >= 15 is 0 Å². The van der Waals surface area contributed by atoms with Crippen molar-refractivity contribution in [2.24, 2.45) is 0 Å². The number of nitrogens with zero attached hydrogens (tertiary/aromatic N) is 4. The molecule has 0 radical (unpaired) electrons. The number of ether oxygens (including phenoxy) is 1. The molecule has 2 bridgehead atoms. The molecule has 0 saturated carbocycles. The Morgan fingerprint density at radius 1 is 1.07 bits per heavy atom. The van der Waals surface area contributed by atoms with Gasteiger partial charge in [-0.2, -0.15) is 9.97 Å². The summed E-state index contributed by atoms with van der Waals surface area (Å²) in [5.41, 5.74) is 4.52. The monoisotopic (exact) mass is 561 g/mol. The fraction of sp³-hybridized carbons (Fsp3) is 0.562. The van der Waals surface area contributed by atoms with Crippen molar-refractivity contribution in [2.75, 3.05) is 31.1 Å². The Morgan fingerprint density at radius 2 is 1.90 bits per heavy atom. The third-order valence-corrected chi connectivity index (χ3v) is 10.7.